The molecule has 5 rings (SSSR count). The van der Waals surface area contributed by atoms with Gasteiger partial charge in [-0.2, -0.15) is 0 Å². The van der Waals surface area contributed by atoms with Crippen LogP contribution in [0.1, 0.15) is 52.4 Å². The zero-order valence-corrected chi connectivity index (χ0v) is 13.1. The molecule has 1 saturated heterocycles. The Kier molecular flexibility index (Phi) is 2.89. The number of amides is 3. The van der Waals surface area contributed by atoms with Gasteiger partial charge in [0, 0.05) is 12.6 Å². The average Bonchev–Trinajstić information content (AvgIpc) is 2.40. The van der Waals surface area contributed by atoms with Crippen LogP contribution in [0.4, 0.5) is 4.79 Å². The highest BCUT2D eigenvalue weighted by Gasteiger charge is 2.55. The third-order valence-corrected chi connectivity index (χ3v) is 6.85. The zero-order valence-electron chi connectivity index (χ0n) is 13.1. The molecular formula is C17H26N2O2. The summed E-state index contributed by atoms with van der Waals surface area (Å²) in [6.45, 7) is 4.74. The monoisotopic (exact) mass is 290 g/mol. The maximum atomic E-state index is 12.3. The lowest BCUT2D eigenvalue weighted by atomic mass is 9.47. The van der Waals surface area contributed by atoms with E-state index in [4.69, 9.17) is 0 Å². The Balaban J connectivity index is 1.58. The number of nitrogens with one attached hydrogen (secondary N) is 1. The first kappa shape index (κ1) is 13.6. The average molecular weight is 290 g/mol. The Bertz CT molecular complexity index is 452. The van der Waals surface area contributed by atoms with Gasteiger partial charge in [0.1, 0.15) is 0 Å². The Morgan fingerprint density at radius 1 is 1.10 bits per heavy atom. The Labute approximate surface area is 126 Å². The highest BCUT2D eigenvalue weighted by atomic mass is 16.2. The van der Waals surface area contributed by atoms with Crippen molar-refractivity contribution < 1.29 is 9.59 Å². The van der Waals surface area contributed by atoms with Crippen LogP contribution in [0, 0.1) is 29.1 Å². The molecule has 4 nitrogen and oxygen atoms in total. The highest BCUT2D eigenvalue weighted by molar-refractivity contribution is 5.97. The van der Waals surface area contributed by atoms with Crippen LogP contribution in [0.25, 0.3) is 0 Å². The van der Waals surface area contributed by atoms with E-state index in [1.54, 1.807) is 0 Å². The number of nitrogens with zero attached hydrogens (tertiary/aromatic N) is 1. The van der Waals surface area contributed by atoms with Gasteiger partial charge in [-0.15, -0.1) is 0 Å². The van der Waals surface area contributed by atoms with Crippen molar-refractivity contribution in [2.75, 3.05) is 6.54 Å². The molecule has 116 valence electrons. The smallest absolute Gasteiger partial charge is 0.320 e. The van der Waals surface area contributed by atoms with Crippen molar-refractivity contribution in [3.05, 3.63) is 0 Å². The molecule has 1 heterocycles. The van der Waals surface area contributed by atoms with Crippen molar-refractivity contribution in [2.24, 2.45) is 29.1 Å². The van der Waals surface area contributed by atoms with E-state index in [1.165, 1.54) is 38.5 Å². The van der Waals surface area contributed by atoms with Gasteiger partial charge in [0.05, 0.1) is 5.92 Å². The number of carbonyl (C=O) groups is 2. The summed E-state index contributed by atoms with van der Waals surface area (Å²) in [5.74, 6) is 2.48. The highest BCUT2D eigenvalue weighted by Crippen LogP contribution is 2.62. The first-order chi connectivity index (χ1) is 9.97. The predicted molar refractivity (Wildman–Crippen MR) is 79.5 cm³/mol. The molecule has 5 fully saturated rings. The van der Waals surface area contributed by atoms with Crippen LogP contribution in [0.3, 0.4) is 0 Å². The molecule has 1 aliphatic heterocycles. The largest absolute Gasteiger partial charge is 0.324 e. The Hall–Kier alpha value is -1.06. The molecule has 0 spiro atoms. The summed E-state index contributed by atoms with van der Waals surface area (Å²) in [7, 11) is 0. The lowest BCUT2D eigenvalue weighted by molar-refractivity contribution is -0.128. The Morgan fingerprint density at radius 3 is 2.14 bits per heavy atom. The van der Waals surface area contributed by atoms with E-state index in [9.17, 15) is 9.59 Å². The quantitative estimate of drug-likeness (QED) is 0.850. The van der Waals surface area contributed by atoms with Gasteiger partial charge < -0.3 is 4.90 Å². The molecule has 0 radical (unpaired) electrons. The minimum absolute atomic E-state index is 0.0842. The minimum atomic E-state index is -0.165. The maximum Gasteiger partial charge on any atom is 0.324 e. The fourth-order valence-corrected chi connectivity index (χ4v) is 6.12. The van der Waals surface area contributed by atoms with Gasteiger partial charge in [0.15, 0.2) is 0 Å². The molecule has 4 bridgehead atoms. The molecule has 0 aromatic heterocycles. The third kappa shape index (κ3) is 2.01. The number of rotatable bonds is 2. The van der Waals surface area contributed by atoms with Crippen molar-refractivity contribution in [1.29, 1.82) is 0 Å². The molecule has 4 saturated carbocycles. The molecule has 0 aromatic rings. The minimum Gasteiger partial charge on any atom is -0.320 e. The van der Waals surface area contributed by atoms with E-state index in [0.29, 0.717) is 12.0 Å². The molecule has 4 aliphatic carbocycles. The number of hydrogen-bond acceptors (Lipinski definition) is 2. The van der Waals surface area contributed by atoms with Gasteiger partial charge in [-0.1, -0.05) is 6.92 Å². The predicted octanol–water partition coefficient (Wildman–Crippen LogP) is 2.78. The van der Waals surface area contributed by atoms with Crippen LogP contribution in [0.15, 0.2) is 0 Å². The van der Waals surface area contributed by atoms with Crippen molar-refractivity contribution in [2.45, 2.75) is 58.4 Å². The fourth-order valence-electron chi connectivity index (χ4n) is 6.12. The molecule has 0 aromatic carbocycles. The molecule has 3 amide bonds. The van der Waals surface area contributed by atoms with Crippen molar-refractivity contribution in [3.63, 3.8) is 0 Å². The van der Waals surface area contributed by atoms with Gasteiger partial charge in [0.25, 0.3) is 0 Å². The van der Waals surface area contributed by atoms with Crippen LogP contribution >= 0.6 is 0 Å². The SMILES string of the molecule is CC1CN(C(C)C23CC4CC(CC(C4)C2)C3)C(=O)NC1=O. The molecule has 4 heteroatoms. The van der Waals surface area contributed by atoms with E-state index in [1.807, 2.05) is 11.8 Å². The Morgan fingerprint density at radius 2 is 1.62 bits per heavy atom. The summed E-state index contributed by atoms with van der Waals surface area (Å²) in [6, 6.07) is 0.0998. The first-order valence-corrected chi connectivity index (χ1v) is 8.58. The topological polar surface area (TPSA) is 49.4 Å². The molecule has 1 N–H and O–H groups in total. The first-order valence-electron chi connectivity index (χ1n) is 8.58. The van der Waals surface area contributed by atoms with E-state index in [2.05, 4.69) is 12.2 Å². The molecular weight excluding hydrogens is 264 g/mol. The second-order valence-electron chi connectivity index (χ2n) is 8.30. The summed E-state index contributed by atoms with van der Waals surface area (Å²) in [5.41, 5.74) is 0.326. The third-order valence-electron chi connectivity index (χ3n) is 6.85. The number of carbonyl (C=O) groups excluding carboxylic acids is 2. The fraction of sp³-hybridized carbons (Fsp3) is 0.882. The summed E-state index contributed by atoms with van der Waals surface area (Å²) >= 11 is 0. The summed E-state index contributed by atoms with van der Waals surface area (Å²) in [6.07, 6.45) is 8.16. The number of urea groups is 1. The zero-order chi connectivity index (χ0) is 14.8. The summed E-state index contributed by atoms with van der Waals surface area (Å²) < 4.78 is 0. The van der Waals surface area contributed by atoms with Gasteiger partial charge in [-0.3, -0.25) is 10.1 Å². The maximum absolute atomic E-state index is 12.3. The number of imide groups is 1. The van der Waals surface area contributed by atoms with Gasteiger partial charge >= 0.3 is 6.03 Å². The molecule has 2 atom stereocenters. The standard InChI is InChI=1S/C17H26N2O2/c1-10-9-19(16(21)18-15(10)20)11(2)17-6-12-3-13(7-17)5-14(4-12)8-17/h10-14H,3-9H2,1-2H3,(H,18,20,21). The van der Waals surface area contributed by atoms with Crippen molar-refractivity contribution in [1.82, 2.24) is 10.2 Å². The van der Waals surface area contributed by atoms with Crippen LogP contribution in [0.5, 0.6) is 0 Å². The van der Waals surface area contributed by atoms with Gasteiger partial charge in [-0.25, -0.2) is 4.79 Å². The van der Waals surface area contributed by atoms with Crippen LogP contribution in [-0.4, -0.2) is 29.4 Å². The summed E-state index contributed by atoms with van der Waals surface area (Å²) in [5, 5.41) is 2.54. The van der Waals surface area contributed by atoms with E-state index >= 15 is 0 Å². The lowest BCUT2D eigenvalue weighted by Crippen LogP contribution is -2.62. The lowest BCUT2D eigenvalue weighted by Gasteiger charge is -2.60. The van der Waals surface area contributed by atoms with Crippen LogP contribution in [0.2, 0.25) is 0 Å². The van der Waals surface area contributed by atoms with E-state index in [0.717, 1.165) is 17.8 Å². The second kappa shape index (κ2) is 4.47. The molecule has 5 aliphatic rings. The summed E-state index contributed by atoms with van der Waals surface area (Å²) in [4.78, 5) is 25.9. The van der Waals surface area contributed by atoms with Gasteiger partial charge in [-0.05, 0) is 68.6 Å². The second-order valence-corrected chi connectivity index (χ2v) is 8.30. The normalized spacial score (nSPS) is 46.7. The van der Waals surface area contributed by atoms with Crippen LogP contribution in [-0.2, 0) is 4.79 Å². The van der Waals surface area contributed by atoms with Crippen molar-refractivity contribution >= 4 is 11.9 Å². The van der Waals surface area contributed by atoms with E-state index in [-0.39, 0.29) is 23.9 Å². The van der Waals surface area contributed by atoms with Gasteiger partial charge in [0.2, 0.25) is 5.91 Å². The van der Waals surface area contributed by atoms with Crippen molar-refractivity contribution in [3.8, 4) is 0 Å². The molecule has 2 unspecified atom stereocenters. The molecule has 21 heavy (non-hydrogen) atoms. The number of hydrogen-bond donors (Lipinski definition) is 1. The van der Waals surface area contributed by atoms with Crippen LogP contribution < -0.4 is 5.32 Å². The van der Waals surface area contributed by atoms with E-state index < -0.39 is 0 Å².